The van der Waals surface area contributed by atoms with Crippen molar-refractivity contribution in [3.05, 3.63) is 53.7 Å². The molecule has 0 aliphatic heterocycles. The molecule has 106 valence electrons. The third kappa shape index (κ3) is 3.71. The number of nitrogens with zero attached hydrogens (tertiary/aromatic N) is 1. The Bertz CT molecular complexity index is 522. The minimum atomic E-state index is -0.555. The van der Waals surface area contributed by atoms with Crippen LogP contribution in [0, 0.1) is 0 Å². The van der Waals surface area contributed by atoms with Crippen LogP contribution in [0.25, 0.3) is 0 Å². The summed E-state index contributed by atoms with van der Waals surface area (Å²) in [7, 11) is 1.58. The molecule has 20 heavy (non-hydrogen) atoms. The second-order valence-electron chi connectivity index (χ2n) is 4.43. The van der Waals surface area contributed by atoms with Crippen molar-refractivity contribution in [1.29, 1.82) is 0 Å². The van der Waals surface area contributed by atoms with Gasteiger partial charge in [-0.2, -0.15) is 0 Å². The first-order valence-corrected chi connectivity index (χ1v) is 6.62. The van der Waals surface area contributed by atoms with Crippen molar-refractivity contribution in [2.24, 2.45) is 0 Å². The summed E-state index contributed by atoms with van der Waals surface area (Å²) in [6.07, 6.45) is 1.68. The van der Waals surface area contributed by atoms with Gasteiger partial charge in [-0.3, -0.25) is 0 Å². The molecule has 0 radical (unpaired) electrons. The molecule has 1 aromatic carbocycles. The predicted molar refractivity (Wildman–Crippen MR) is 77.1 cm³/mol. The molecule has 1 heterocycles. The Morgan fingerprint density at radius 2 is 1.90 bits per heavy atom. The fraction of sp³-hybridized carbons (Fsp3) is 0.312. The molecule has 0 spiro atoms. The van der Waals surface area contributed by atoms with Gasteiger partial charge in [-0.05, 0) is 30.2 Å². The Kier molecular flexibility index (Phi) is 4.96. The Morgan fingerprint density at radius 1 is 1.15 bits per heavy atom. The van der Waals surface area contributed by atoms with Crippen LogP contribution < -0.4 is 9.47 Å². The van der Waals surface area contributed by atoms with E-state index in [1.54, 1.807) is 19.4 Å². The van der Waals surface area contributed by atoms with Crippen molar-refractivity contribution in [2.75, 3.05) is 13.7 Å². The molecule has 2 aromatic rings. The molecule has 4 heteroatoms. The Morgan fingerprint density at radius 3 is 2.45 bits per heavy atom. The highest BCUT2D eigenvalue weighted by Gasteiger charge is 2.09. The molecule has 1 atom stereocenters. The molecule has 0 saturated carbocycles. The molecule has 0 amide bonds. The van der Waals surface area contributed by atoms with Crippen molar-refractivity contribution < 1.29 is 14.6 Å². The van der Waals surface area contributed by atoms with E-state index in [1.807, 2.05) is 37.3 Å². The van der Waals surface area contributed by atoms with Gasteiger partial charge in [0.05, 0.1) is 19.8 Å². The lowest BCUT2D eigenvalue weighted by molar-refractivity contribution is 0.178. The normalized spacial score (nSPS) is 11.9. The fourth-order valence-electron chi connectivity index (χ4n) is 1.95. The first kappa shape index (κ1) is 14.3. The van der Waals surface area contributed by atoms with Gasteiger partial charge < -0.3 is 14.6 Å². The highest BCUT2D eigenvalue weighted by Crippen LogP contribution is 2.21. The van der Waals surface area contributed by atoms with Gasteiger partial charge in [-0.15, -0.1) is 0 Å². The lowest BCUT2D eigenvalue weighted by atomic mass is 10.0. The van der Waals surface area contributed by atoms with E-state index in [4.69, 9.17) is 9.47 Å². The van der Waals surface area contributed by atoms with Crippen LogP contribution >= 0.6 is 0 Å². The molecule has 0 fully saturated rings. The van der Waals surface area contributed by atoms with Gasteiger partial charge in [0, 0.05) is 18.7 Å². The maximum atomic E-state index is 10.2. The zero-order valence-corrected chi connectivity index (χ0v) is 11.7. The van der Waals surface area contributed by atoms with Crippen LogP contribution in [0.3, 0.4) is 0 Å². The molecular weight excluding hydrogens is 254 g/mol. The van der Waals surface area contributed by atoms with Crippen molar-refractivity contribution >= 4 is 0 Å². The second kappa shape index (κ2) is 6.91. The SMILES string of the molecule is CCOc1ccc(C(O)Cc2ccc(OC)nc2)cc1. The summed E-state index contributed by atoms with van der Waals surface area (Å²) in [6.45, 7) is 2.58. The van der Waals surface area contributed by atoms with Gasteiger partial charge in [0.15, 0.2) is 0 Å². The van der Waals surface area contributed by atoms with Crippen molar-refractivity contribution in [2.45, 2.75) is 19.4 Å². The molecule has 4 nitrogen and oxygen atoms in total. The van der Waals surface area contributed by atoms with Crippen molar-refractivity contribution in [3.8, 4) is 11.6 Å². The van der Waals surface area contributed by atoms with Gasteiger partial charge in [0.1, 0.15) is 5.75 Å². The largest absolute Gasteiger partial charge is 0.494 e. The number of aliphatic hydroxyl groups excluding tert-OH is 1. The summed E-state index contributed by atoms with van der Waals surface area (Å²) < 4.78 is 10.4. The average Bonchev–Trinajstić information content (AvgIpc) is 2.49. The van der Waals surface area contributed by atoms with Crippen LogP contribution in [0.4, 0.5) is 0 Å². The highest BCUT2D eigenvalue weighted by molar-refractivity contribution is 5.29. The number of pyridine rings is 1. The number of rotatable bonds is 6. The first-order valence-electron chi connectivity index (χ1n) is 6.62. The summed E-state index contributed by atoms with van der Waals surface area (Å²) in [5.41, 5.74) is 1.83. The van der Waals surface area contributed by atoms with E-state index in [2.05, 4.69) is 4.98 Å². The maximum absolute atomic E-state index is 10.2. The molecule has 1 unspecified atom stereocenters. The minimum absolute atomic E-state index is 0.519. The summed E-state index contributed by atoms with van der Waals surface area (Å²) in [6, 6.07) is 11.2. The monoisotopic (exact) mass is 273 g/mol. The van der Waals surface area contributed by atoms with Crippen LogP contribution in [0.5, 0.6) is 11.6 Å². The number of ether oxygens (including phenoxy) is 2. The van der Waals surface area contributed by atoms with E-state index < -0.39 is 6.10 Å². The van der Waals surface area contributed by atoms with E-state index in [-0.39, 0.29) is 0 Å². The number of methoxy groups -OCH3 is 1. The number of benzene rings is 1. The van der Waals surface area contributed by atoms with Crippen LogP contribution in [0.1, 0.15) is 24.2 Å². The zero-order chi connectivity index (χ0) is 14.4. The molecule has 2 rings (SSSR count). The van der Waals surface area contributed by atoms with Gasteiger partial charge in [0.25, 0.3) is 0 Å². The van der Waals surface area contributed by atoms with Crippen LogP contribution in [0.15, 0.2) is 42.6 Å². The summed E-state index contributed by atoms with van der Waals surface area (Å²) in [5.74, 6) is 1.39. The Labute approximate surface area is 119 Å². The van der Waals surface area contributed by atoms with Crippen molar-refractivity contribution in [1.82, 2.24) is 4.98 Å². The number of hydrogen-bond donors (Lipinski definition) is 1. The van der Waals surface area contributed by atoms with Gasteiger partial charge in [-0.25, -0.2) is 4.98 Å². The molecule has 0 aliphatic rings. The zero-order valence-electron chi connectivity index (χ0n) is 11.7. The van der Waals surface area contributed by atoms with E-state index in [1.165, 1.54) is 0 Å². The van der Waals surface area contributed by atoms with Gasteiger partial charge in [0.2, 0.25) is 5.88 Å². The van der Waals surface area contributed by atoms with Gasteiger partial charge in [-0.1, -0.05) is 18.2 Å². The van der Waals surface area contributed by atoms with Crippen LogP contribution in [0.2, 0.25) is 0 Å². The second-order valence-corrected chi connectivity index (χ2v) is 4.43. The quantitative estimate of drug-likeness (QED) is 0.879. The Hall–Kier alpha value is -2.07. The summed E-state index contributed by atoms with van der Waals surface area (Å²) >= 11 is 0. The van der Waals surface area contributed by atoms with Gasteiger partial charge >= 0.3 is 0 Å². The lowest BCUT2D eigenvalue weighted by Crippen LogP contribution is -2.02. The molecule has 0 aliphatic carbocycles. The third-order valence-electron chi connectivity index (χ3n) is 3.01. The molecule has 0 bridgehead atoms. The first-order chi connectivity index (χ1) is 9.72. The standard InChI is InChI=1S/C16H19NO3/c1-3-20-14-7-5-13(6-8-14)15(18)10-12-4-9-16(19-2)17-11-12/h4-9,11,15,18H,3,10H2,1-2H3. The molecule has 1 N–H and O–H groups in total. The highest BCUT2D eigenvalue weighted by atomic mass is 16.5. The van der Waals surface area contributed by atoms with E-state index in [0.717, 1.165) is 16.9 Å². The number of hydrogen-bond acceptors (Lipinski definition) is 4. The van der Waals surface area contributed by atoms with Crippen molar-refractivity contribution in [3.63, 3.8) is 0 Å². The number of aliphatic hydroxyl groups is 1. The average molecular weight is 273 g/mol. The third-order valence-corrected chi connectivity index (χ3v) is 3.01. The molecular formula is C16H19NO3. The fourth-order valence-corrected chi connectivity index (χ4v) is 1.95. The topological polar surface area (TPSA) is 51.6 Å². The van der Waals surface area contributed by atoms with Crippen LogP contribution in [-0.4, -0.2) is 23.8 Å². The van der Waals surface area contributed by atoms with E-state index >= 15 is 0 Å². The minimum Gasteiger partial charge on any atom is -0.494 e. The number of aromatic nitrogens is 1. The summed E-state index contributed by atoms with van der Waals surface area (Å²) in [4.78, 5) is 4.13. The molecule has 1 aromatic heterocycles. The predicted octanol–water partition coefficient (Wildman–Crippen LogP) is 2.77. The maximum Gasteiger partial charge on any atom is 0.212 e. The lowest BCUT2D eigenvalue weighted by Gasteiger charge is -2.12. The molecule has 0 saturated heterocycles. The summed E-state index contributed by atoms with van der Waals surface area (Å²) in [5, 5.41) is 10.2. The van der Waals surface area contributed by atoms with E-state index in [0.29, 0.717) is 18.9 Å². The van der Waals surface area contributed by atoms with E-state index in [9.17, 15) is 5.11 Å². The smallest absolute Gasteiger partial charge is 0.212 e. The Balaban J connectivity index is 2.01. The van der Waals surface area contributed by atoms with Crippen LogP contribution in [-0.2, 0) is 6.42 Å².